The Balaban J connectivity index is 1.44. The average molecular weight is 504 g/mol. The highest BCUT2D eigenvalue weighted by Crippen LogP contribution is 2.43. The molecule has 1 aliphatic carbocycles. The average Bonchev–Trinajstić information content (AvgIpc) is 2.93. The van der Waals surface area contributed by atoms with E-state index in [-0.39, 0.29) is 17.3 Å². The highest BCUT2D eigenvalue weighted by molar-refractivity contribution is 5.75. The molecule has 0 radical (unpaired) electrons. The zero-order valence-electron chi connectivity index (χ0n) is 23.2. The lowest BCUT2D eigenvalue weighted by Crippen LogP contribution is -2.32. The fraction of sp³-hybridized carbons (Fsp3) is 0.625. The monoisotopic (exact) mass is 503 g/mol. The maximum absolute atomic E-state index is 12.8. The van der Waals surface area contributed by atoms with Gasteiger partial charge in [0.1, 0.15) is 5.75 Å². The number of rotatable bonds is 14. The number of hydrogen-bond acceptors (Lipinski definition) is 5. The molecule has 200 valence electrons. The van der Waals surface area contributed by atoms with Crippen LogP contribution in [0.2, 0.25) is 0 Å². The van der Waals surface area contributed by atoms with E-state index in [4.69, 9.17) is 4.74 Å². The Morgan fingerprint density at radius 3 is 2.24 bits per heavy atom. The molecular weight excluding hydrogens is 458 g/mol. The topological polar surface area (TPSA) is 75.9 Å². The maximum Gasteiger partial charge on any atom is 0.314 e. The zero-order chi connectivity index (χ0) is 26.5. The minimum absolute atomic E-state index is 0.134. The van der Waals surface area contributed by atoms with E-state index in [9.17, 15) is 10.1 Å². The van der Waals surface area contributed by atoms with E-state index in [2.05, 4.69) is 36.8 Å². The van der Waals surface area contributed by atoms with Gasteiger partial charge in [-0.2, -0.15) is 5.26 Å². The second-order valence-electron chi connectivity index (χ2n) is 11.1. The molecule has 5 heteroatoms. The molecule has 0 N–H and O–H groups in total. The summed E-state index contributed by atoms with van der Waals surface area (Å²) in [6, 6.07) is 10.0. The van der Waals surface area contributed by atoms with Gasteiger partial charge in [0.25, 0.3) is 0 Å². The number of unbranched alkanes of at least 4 members (excludes halogenated alkanes) is 6. The number of nitrogens with zero attached hydrogens (tertiary/aromatic N) is 3. The second-order valence-corrected chi connectivity index (χ2v) is 11.1. The Morgan fingerprint density at radius 1 is 1.03 bits per heavy atom. The van der Waals surface area contributed by atoms with Crippen molar-refractivity contribution in [3.63, 3.8) is 0 Å². The Labute approximate surface area is 224 Å². The van der Waals surface area contributed by atoms with Crippen LogP contribution in [0.1, 0.15) is 110 Å². The van der Waals surface area contributed by atoms with Crippen LogP contribution in [-0.4, -0.2) is 15.9 Å². The molecule has 1 aliphatic rings. The summed E-state index contributed by atoms with van der Waals surface area (Å²) in [4.78, 5) is 21.9. The van der Waals surface area contributed by atoms with Crippen LogP contribution < -0.4 is 4.74 Å². The maximum atomic E-state index is 12.8. The van der Waals surface area contributed by atoms with Crippen molar-refractivity contribution in [2.45, 2.75) is 111 Å². The molecule has 1 fully saturated rings. The first-order valence-electron chi connectivity index (χ1n) is 14.5. The van der Waals surface area contributed by atoms with Crippen LogP contribution in [0.5, 0.6) is 5.75 Å². The van der Waals surface area contributed by atoms with Gasteiger partial charge in [-0.15, -0.1) is 0 Å². The van der Waals surface area contributed by atoms with Crippen molar-refractivity contribution >= 4 is 5.97 Å². The van der Waals surface area contributed by atoms with Gasteiger partial charge >= 0.3 is 5.97 Å². The number of benzene rings is 1. The third-order valence-electron chi connectivity index (χ3n) is 8.05. The molecule has 5 nitrogen and oxygen atoms in total. The fourth-order valence-electron chi connectivity index (χ4n) is 5.37. The standard InChI is InChI=1S/C32H45N3O2/c1-4-6-7-8-9-10-11-12-26-22-34-30(35-23-26)27-13-15-29(16-14-27)37-31(36)28-17-19-32(24-33,20-18-28)21-25(3)5-2/h13-16,22-23,25,28H,4-12,17-21H2,1-3H3/t25?,28-,32-. The molecule has 1 unspecified atom stereocenters. The van der Waals surface area contributed by atoms with Crippen molar-refractivity contribution in [2.24, 2.45) is 17.3 Å². The lowest BCUT2D eigenvalue weighted by Gasteiger charge is -2.35. The molecule has 2 aromatic rings. The largest absolute Gasteiger partial charge is 0.426 e. The molecule has 3 rings (SSSR count). The first-order valence-corrected chi connectivity index (χ1v) is 14.5. The first kappa shape index (κ1) is 28.8. The normalized spacial score (nSPS) is 20.2. The highest BCUT2D eigenvalue weighted by Gasteiger charge is 2.39. The van der Waals surface area contributed by atoms with E-state index in [0.29, 0.717) is 17.5 Å². The van der Waals surface area contributed by atoms with Crippen molar-refractivity contribution in [2.75, 3.05) is 0 Å². The Morgan fingerprint density at radius 2 is 1.65 bits per heavy atom. The van der Waals surface area contributed by atoms with Gasteiger partial charge in [-0.1, -0.05) is 65.7 Å². The van der Waals surface area contributed by atoms with Crippen molar-refractivity contribution in [3.8, 4) is 23.2 Å². The van der Waals surface area contributed by atoms with Crippen LogP contribution in [0, 0.1) is 28.6 Å². The van der Waals surface area contributed by atoms with Gasteiger partial charge < -0.3 is 4.74 Å². The number of carbonyl (C=O) groups is 1. The summed E-state index contributed by atoms with van der Waals surface area (Å²) >= 11 is 0. The van der Waals surface area contributed by atoms with Gasteiger partial charge in [0.15, 0.2) is 5.82 Å². The van der Waals surface area contributed by atoms with Gasteiger partial charge in [-0.25, -0.2) is 9.97 Å². The molecule has 1 atom stereocenters. The van der Waals surface area contributed by atoms with Crippen molar-refractivity contribution < 1.29 is 9.53 Å². The zero-order valence-corrected chi connectivity index (χ0v) is 23.2. The number of hydrogen-bond donors (Lipinski definition) is 0. The minimum Gasteiger partial charge on any atom is -0.426 e. The highest BCUT2D eigenvalue weighted by atomic mass is 16.5. The smallest absolute Gasteiger partial charge is 0.314 e. The molecule has 0 saturated heterocycles. The number of aromatic nitrogens is 2. The van der Waals surface area contributed by atoms with Crippen LogP contribution in [0.15, 0.2) is 36.7 Å². The van der Waals surface area contributed by atoms with Crippen molar-refractivity contribution in [3.05, 3.63) is 42.2 Å². The van der Waals surface area contributed by atoms with Crippen LogP contribution in [0.25, 0.3) is 11.4 Å². The molecule has 37 heavy (non-hydrogen) atoms. The van der Waals surface area contributed by atoms with Crippen LogP contribution in [0.3, 0.4) is 0 Å². The third kappa shape index (κ3) is 8.95. The third-order valence-corrected chi connectivity index (χ3v) is 8.05. The number of carbonyl (C=O) groups excluding carboxylic acids is 1. The summed E-state index contributed by atoms with van der Waals surface area (Å²) in [6.45, 7) is 6.63. The summed E-state index contributed by atoms with van der Waals surface area (Å²) in [7, 11) is 0. The predicted molar refractivity (Wildman–Crippen MR) is 149 cm³/mol. The summed E-state index contributed by atoms with van der Waals surface area (Å²) in [5.41, 5.74) is 1.81. The Bertz CT molecular complexity index is 986. The molecule has 0 spiro atoms. The number of ether oxygens (including phenoxy) is 1. The van der Waals surface area contributed by atoms with Crippen LogP contribution in [0.4, 0.5) is 0 Å². The molecule has 0 aliphatic heterocycles. The summed E-state index contributed by atoms with van der Waals surface area (Å²) < 4.78 is 5.69. The second kappa shape index (κ2) is 14.9. The number of aryl methyl sites for hydroxylation is 1. The van der Waals surface area contributed by atoms with E-state index in [0.717, 1.165) is 50.5 Å². The van der Waals surface area contributed by atoms with Gasteiger partial charge in [-0.05, 0) is 80.7 Å². The van der Waals surface area contributed by atoms with E-state index in [1.165, 1.54) is 50.5 Å². The summed E-state index contributed by atoms with van der Waals surface area (Å²) in [5.74, 6) is 1.44. The van der Waals surface area contributed by atoms with Gasteiger partial charge in [0.2, 0.25) is 0 Å². The minimum atomic E-state index is -0.280. The lowest BCUT2D eigenvalue weighted by atomic mass is 9.67. The van der Waals surface area contributed by atoms with Gasteiger partial charge in [-0.3, -0.25) is 4.79 Å². The van der Waals surface area contributed by atoms with Crippen LogP contribution in [-0.2, 0) is 11.2 Å². The quantitative estimate of drug-likeness (QED) is 0.147. The van der Waals surface area contributed by atoms with Crippen molar-refractivity contribution in [1.29, 1.82) is 5.26 Å². The first-order chi connectivity index (χ1) is 18.0. The number of nitriles is 1. The molecule has 1 heterocycles. The summed E-state index contributed by atoms with van der Waals surface area (Å²) in [5, 5.41) is 9.79. The molecular formula is C32H45N3O2. The molecule has 1 aromatic carbocycles. The van der Waals surface area contributed by atoms with Crippen LogP contribution >= 0.6 is 0 Å². The van der Waals surface area contributed by atoms with Gasteiger partial charge in [0, 0.05) is 18.0 Å². The Kier molecular flexibility index (Phi) is 11.6. The van der Waals surface area contributed by atoms with E-state index in [1.54, 1.807) is 0 Å². The SMILES string of the molecule is CCCCCCCCCc1cnc(-c2ccc(OC(=O)[C@H]3CC[C@@](C#N)(CC(C)CC)CC3)cc2)nc1. The van der Waals surface area contributed by atoms with E-state index < -0.39 is 0 Å². The van der Waals surface area contributed by atoms with Gasteiger partial charge in [0.05, 0.1) is 17.4 Å². The predicted octanol–water partition coefficient (Wildman–Crippen LogP) is 8.48. The number of esters is 1. The Hall–Kier alpha value is -2.74. The van der Waals surface area contributed by atoms with Crippen molar-refractivity contribution in [1.82, 2.24) is 9.97 Å². The molecule has 1 saturated carbocycles. The van der Waals surface area contributed by atoms with E-state index in [1.807, 2.05) is 36.7 Å². The molecule has 1 aromatic heterocycles. The van der Waals surface area contributed by atoms with E-state index >= 15 is 0 Å². The fourth-order valence-corrected chi connectivity index (χ4v) is 5.37. The molecule has 0 amide bonds. The lowest BCUT2D eigenvalue weighted by molar-refractivity contribution is -0.140. The summed E-state index contributed by atoms with van der Waals surface area (Å²) in [6.07, 6.45) is 19.0. The molecule has 0 bridgehead atoms.